The molecule has 0 amide bonds. The molecular formula is C14H19BrN2O3. The number of anilines is 1. The summed E-state index contributed by atoms with van der Waals surface area (Å²) in [5.74, 6) is 0. The van der Waals surface area contributed by atoms with Crippen molar-refractivity contribution in [3.05, 3.63) is 33.9 Å². The lowest BCUT2D eigenvalue weighted by atomic mass is 10.1. The molecule has 0 aromatic heterocycles. The van der Waals surface area contributed by atoms with Crippen LogP contribution >= 0.6 is 15.9 Å². The predicted molar refractivity (Wildman–Crippen MR) is 82.6 cm³/mol. The van der Waals surface area contributed by atoms with Gasteiger partial charge in [-0.1, -0.05) is 15.9 Å². The highest BCUT2D eigenvalue weighted by atomic mass is 79.9. The molecule has 0 saturated carbocycles. The van der Waals surface area contributed by atoms with Gasteiger partial charge in [0.1, 0.15) is 0 Å². The number of hydrogen-bond donors (Lipinski definition) is 0. The Bertz CT molecular complexity index is 475. The maximum atomic E-state index is 10.9. The minimum Gasteiger partial charge on any atom is -0.376 e. The Morgan fingerprint density at radius 2 is 2.30 bits per heavy atom. The van der Waals surface area contributed by atoms with E-state index >= 15 is 0 Å². The van der Waals surface area contributed by atoms with Gasteiger partial charge in [0, 0.05) is 42.8 Å². The number of nitro benzene ring substituents is 1. The highest BCUT2D eigenvalue weighted by Gasteiger charge is 2.18. The molecular weight excluding hydrogens is 324 g/mol. The summed E-state index contributed by atoms with van der Waals surface area (Å²) in [6, 6.07) is 5.24. The Balaban J connectivity index is 2.09. The van der Waals surface area contributed by atoms with Crippen molar-refractivity contribution in [2.45, 2.75) is 30.7 Å². The third-order valence-corrected chi connectivity index (χ3v) is 4.20. The van der Waals surface area contributed by atoms with Crippen LogP contribution in [0, 0.1) is 10.1 Å². The number of nitro groups is 1. The van der Waals surface area contributed by atoms with Crippen molar-refractivity contribution in [3.63, 3.8) is 0 Å². The van der Waals surface area contributed by atoms with Crippen LogP contribution in [0.2, 0.25) is 0 Å². The summed E-state index contributed by atoms with van der Waals surface area (Å²) in [6.07, 6.45) is 3.70. The minimum absolute atomic E-state index is 0.160. The van der Waals surface area contributed by atoms with E-state index in [-0.39, 0.29) is 16.7 Å². The van der Waals surface area contributed by atoms with Crippen LogP contribution in [-0.2, 0) is 10.1 Å². The van der Waals surface area contributed by atoms with Gasteiger partial charge in [-0.05, 0) is 31.4 Å². The fraction of sp³-hybridized carbons (Fsp3) is 0.571. The lowest BCUT2D eigenvalue weighted by Gasteiger charge is -2.28. The van der Waals surface area contributed by atoms with E-state index in [0.29, 0.717) is 10.9 Å². The second-order valence-electron chi connectivity index (χ2n) is 5.07. The summed E-state index contributed by atoms with van der Waals surface area (Å²) in [4.78, 5) is 12.7. The van der Waals surface area contributed by atoms with E-state index in [9.17, 15) is 10.1 Å². The molecule has 1 fully saturated rings. The lowest BCUT2D eigenvalue weighted by Crippen LogP contribution is -2.33. The first kappa shape index (κ1) is 15.3. The van der Waals surface area contributed by atoms with Crippen molar-refractivity contribution >= 4 is 27.3 Å². The van der Waals surface area contributed by atoms with Crippen LogP contribution in [0.4, 0.5) is 11.4 Å². The first-order valence-electron chi connectivity index (χ1n) is 6.78. The number of likely N-dealkylation sites (N-methyl/N-ethyl adjacent to an activating group) is 1. The molecule has 1 unspecified atom stereocenters. The summed E-state index contributed by atoms with van der Waals surface area (Å²) < 4.78 is 5.73. The molecule has 0 radical (unpaired) electrons. The van der Waals surface area contributed by atoms with E-state index in [1.807, 2.05) is 13.1 Å². The fourth-order valence-electron chi connectivity index (χ4n) is 2.46. The molecule has 0 N–H and O–H groups in total. The zero-order valence-corrected chi connectivity index (χ0v) is 13.1. The SMILES string of the molecule is CN(CC1CCCCO1)c1ccc([N+](=O)[O-])c(CBr)c1. The number of nitrogens with zero attached hydrogens (tertiary/aromatic N) is 2. The van der Waals surface area contributed by atoms with Crippen molar-refractivity contribution in [3.8, 4) is 0 Å². The van der Waals surface area contributed by atoms with E-state index in [2.05, 4.69) is 20.8 Å². The number of benzene rings is 1. The molecule has 5 nitrogen and oxygen atoms in total. The first-order chi connectivity index (χ1) is 9.61. The van der Waals surface area contributed by atoms with Gasteiger partial charge >= 0.3 is 0 Å². The Labute approximate surface area is 127 Å². The molecule has 1 aromatic rings. The van der Waals surface area contributed by atoms with E-state index in [1.54, 1.807) is 12.1 Å². The van der Waals surface area contributed by atoms with Gasteiger partial charge in [0.25, 0.3) is 5.69 Å². The normalized spacial score (nSPS) is 18.8. The molecule has 1 atom stereocenters. The van der Waals surface area contributed by atoms with Gasteiger partial charge in [-0.3, -0.25) is 10.1 Å². The van der Waals surface area contributed by atoms with Gasteiger partial charge in [0.2, 0.25) is 0 Å². The maximum absolute atomic E-state index is 10.9. The quantitative estimate of drug-likeness (QED) is 0.467. The van der Waals surface area contributed by atoms with Crippen LogP contribution in [0.3, 0.4) is 0 Å². The van der Waals surface area contributed by atoms with Crippen LogP contribution in [0.1, 0.15) is 24.8 Å². The third-order valence-electron chi connectivity index (χ3n) is 3.60. The maximum Gasteiger partial charge on any atom is 0.273 e. The second kappa shape index (κ2) is 7.04. The smallest absolute Gasteiger partial charge is 0.273 e. The largest absolute Gasteiger partial charge is 0.376 e. The molecule has 20 heavy (non-hydrogen) atoms. The minimum atomic E-state index is -0.343. The highest BCUT2D eigenvalue weighted by molar-refractivity contribution is 9.08. The summed E-state index contributed by atoms with van der Waals surface area (Å²) in [7, 11) is 2.00. The Kier molecular flexibility index (Phi) is 5.37. The molecule has 1 aromatic carbocycles. The fourth-order valence-corrected chi connectivity index (χ4v) is 2.91. The van der Waals surface area contributed by atoms with Gasteiger partial charge in [-0.15, -0.1) is 0 Å². The molecule has 2 rings (SSSR count). The number of hydrogen-bond acceptors (Lipinski definition) is 4. The molecule has 110 valence electrons. The summed E-state index contributed by atoms with van der Waals surface area (Å²) in [6.45, 7) is 1.66. The molecule has 1 aliphatic rings. The zero-order valence-electron chi connectivity index (χ0n) is 11.5. The summed E-state index contributed by atoms with van der Waals surface area (Å²) in [5, 5.41) is 11.4. The summed E-state index contributed by atoms with van der Waals surface area (Å²) in [5.41, 5.74) is 1.84. The highest BCUT2D eigenvalue weighted by Crippen LogP contribution is 2.27. The number of halogens is 1. The van der Waals surface area contributed by atoms with E-state index in [1.165, 1.54) is 6.42 Å². The van der Waals surface area contributed by atoms with Gasteiger partial charge < -0.3 is 9.64 Å². The molecule has 0 aliphatic carbocycles. The average molecular weight is 343 g/mol. The van der Waals surface area contributed by atoms with E-state index < -0.39 is 0 Å². The van der Waals surface area contributed by atoms with Crippen LogP contribution in [-0.4, -0.2) is 31.2 Å². The van der Waals surface area contributed by atoms with Crippen LogP contribution in [0.25, 0.3) is 0 Å². The number of rotatable bonds is 5. The number of alkyl halides is 1. The van der Waals surface area contributed by atoms with Gasteiger partial charge in [0.05, 0.1) is 11.0 Å². The second-order valence-corrected chi connectivity index (χ2v) is 5.63. The van der Waals surface area contributed by atoms with Crippen molar-refractivity contribution in [2.75, 3.05) is 25.1 Å². The molecule has 1 heterocycles. The summed E-state index contributed by atoms with van der Waals surface area (Å²) >= 11 is 3.31. The van der Waals surface area contributed by atoms with Crippen molar-refractivity contribution in [1.29, 1.82) is 0 Å². The third kappa shape index (κ3) is 3.70. The molecule has 6 heteroatoms. The van der Waals surface area contributed by atoms with Gasteiger partial charge in [-0.25, -0.2) is 0 Å². The topological polar surface area (TPSA) is 55.6 Å². The monoisotopic (exact) mass is 342 g/mol. The molecule has 0 spiro atoms. The van der Waals surface area contributed by atoms with Gasteiger partial charge in [0.15, 0.2) is 0 Å². The average Bonchev–Trinajstić information content (AvgIpc) is 2.47. The van der Waals surface area contributed by atoms with E-state index in [0.717, 1.165) is 31.7 Å². The Morgan fingerprint density at radius 1 is 1.50 bits per heavy atom. The van der Waals surface area contributed by atoms with Crippen molar-refractivity contribution in [1.82, 2.24) is 0 Å². The van der Waals surface area contributed by atoms with E-state index in [4.69, 9.17) is 4.74 Å². The lowest BCUT2D eigenvalue weighted by molar-refractivity contribution is -0.385. The standard InChI is InChI=1S/C14H19BrN2O3/c1-16(10-13-4-2-3-7-20-13)12-5-6-14(17(18)19)11(8-12)9-15/h5-6,8,13H,2-4,7,9-10H2,1H3. The van der Waals surface area contributed by atoms with Crippen molar-refractivity contribution in [2.24, 2.45) is 0 Å². The van der Waals surface area contributed by atoms with Gasteiger partial charge in [-0.2, -0.15) is 0 Å². The molecule has 1 aliphatic heterocycles. The van der Waals surface area contributed by atoms with Crippen LogP contribution < -0.4 is 4.90 Å². The Hall–Kier alpha value is -1.14. The molecule has 0 bridgehead atoms. The van der Waals surface area contributed by atoms with Crippen LogP contribution in [0.15, 0.2) is 18.2 Å². The van der Waals surface area contributed by atoms with Crippen LogP contribution in [0.5, 0.6) is 0 Å². The molecule has 1 saturated heterocycles. The Morgan fingerprint density at radius 3 is 2.90 bits per heavy atom. The predicted octanol–water partition coefficient (Wildman–Crippen LogP) is 3.50. The zero-order chi connectivity index (χ0) is 14.5. The van der Waals surface area contributed by atoms with Crippen molar-refractivity contribution < 1.29 is 9.66 Å². The number of ether oxygens (including phenoxy) is 1. The first-order valence-corrected chi connectivity index (χ1v) is 7.90.